The minimum atomic E-state index is -0.451. The van der Waals surface area contributed by atoms with E-state index in [1.54, 1.807) is 12.4 Å². The van der Waals surface area contributed by atoms with E-state index in [1.165, 1.54) is 19.3 Å². The van der Waals surface area contributed by atoms with E-state index in [0.29, 0.717) is 31.6 Å². The minimum Gasteiger partial charge on any atom is -0.392 e. The molecule has 154 valence electrons. The van der Waals surface area contributed by atoms with Crippen LogP contribution in [0.4, 0.5) is 0 Å². The number of H-pyrrole nitrogens is 1. The molecule has 28 heavy (non-hydrogen) atoms. The number of piperidine rings is 1. The standard InChI is InChI=1S/C20H31N5O3/c26-17-10-18(19(27)23-15-4-2-1-3-5-15)25(13-17)16-6-8-24(9-7-16)20(28)14-11-21-22-12-14/h11-12,15-18,26H,1-10,13H2,(H,21,22)(H,23,27)/t17-,18+/m1/s1. The van der Waals surface area contributed by atoms with Crippen LogP contribution in [0.2, 0.25) is 0 Å². The van der Waals surface area contributed by atoms with Crippen molar-refractivity contribution in [3.8, 4) is 0 Å². The number of likely N-dealkylation sites (tertiary alicyclic amines) is 2. The summed E-state index contributed by atoms with van der Waals surface area (Å²) in [7, 11) is 0. The molecule has 3 fully saturated rings. The van der Waals surface area contributed by atoms with Crippen LogP contribution in [0.15, 0.2) is 12.4 Å². The highest BCUT2D eigenvalue weighted by Gasteiger charge is 2.41. The summed E-state index contributed by atoms with van der Waals surface area (Å²) in [5.74, 6) is 0.0700. The van der Waals surface area contributed by atoms with Crippen molar-refractivity contribution < 1.29 is 14.7 Å². The van der Waals surface area contributed by atoms with Gasteiger partial charge >= 0.3 is 0 Å². The highest BCUT2D eigenvalue weighted by molar-refractivity contribution is 5.93. The van der Waals surface area contributed by atoms with E-state index in [9.17, 15) is 14.7 Å². The quantitative estimate of drug-likeness (QED) is 0.710. The third kappa shape index (κ3) is 4.22. The number of β-amino-alcohol motifs (C(OH)–C–C–N with tert-alkyl or cyclic N) is 1. The van der Waals surface area contributed by atoms with Crippen LogP contribution in [-0.2, 0) is 4.79 Å². The van der Waals surface area contributed by atoms with Crippen molar-refractivity contribution in [1.82, 2.24) is 25.3 Å². The number of amides is 2. The van der Waals surface area contributed by atoms with E-state index in [-0.39, 0.29) is 29.9 Å². The Kier molecular flexibility index (Phi) is 5.96. The van der Waals surface area contributed by atoms with Crippen LogP contribution in [0.3, 0.4) is 0 Å². The minimum absolute atomic E-state index is 0.000230. The molecule has 2 saturated heterocycles. The normalized spacial score (nSPS) is 27.8. The number of rotatable bonds is 4. The average molecular weight is 390 g/mol. The molecule has 3 N–H and O–H groups in total. The van der Waals surface area contributed by atoms with Gasteiger partial charge in [-0.1, -0.05) is 19.3 Å². The second-order valence-electron chi connectivity index (χ2n) is 8.46. The number of aromatic nitrogens is 2. The SMILES string of the molecule is O=C(NC1CCCCC1)[C@@H]1C[C@@H](O)CN1C1CCN(C(=O)c2cn[nH]c2)CC1. The lowest BCUT2D eigenvalue weighted by atomic mass is 9.95. The van der Waals surface area contributed by atoms with Crippen molar-refractivity contribution in [3.63, 3.8) is 0 Å². The largest absolute Gasteiger partial charge is 0.392 e. The summed E-state index contributed by atoms with van der Waals surface area (Å²) in [4.78, 5) is 29.4. The molecule has 0 aromatic carbocycles. The second-order valence-corrected chi connectivity index (χ2v) is 8.46. The molecule has 2 atom stereocenters. The van der Waals surface area contributed by atoms with Gasteiger partial charge in [-0.3, -0.25) is 19.6 Å². The van der Waals surface area contributed by atoms with Crippen molar-refractivity contribution in [2.24, 2.45) is 0 Å². The number of nitrogens with zero attached hydrogens (tertiary/aromatic N) is 3. The van der Waals surface area contributed by atoms with Gasteiger partial charge in [0.15, 0.2) is 0 Å². The van der Waals surface area contributed by atoms with Gasteiger partial charge < -0.3 is 15.3 Å². The predicted molar refractivity (Wildman–Crippen MR) is 104 cm³/mol. The van der Waals surface area contributed by atoms with Crippen LogP contribution in [0.25, 0.3) is 0 Å². The van der Waals surface area contributed by atoms with E-state index in [2.05, 4.69) is 20.4 Å². The molecule has 2 amide bonds. The predicted octanol–water partition coefficient (Wildman–Crippen LogP) is 0.898. The highest BCUT2D eigenvalue weighted by Crippen LogP contribution is 2.28. The van der Waals surface area contributed by atoms with E-state index in [0.717, 1.165) is 25.7 Å². The Bertz CT molecular complexity index is 665. The van der Waals surface area contributed by atoms with Gasteiger partial charge in [0.05, 0.1) is 23.9 Å². The second kappa shape index (κ2) is 8.61. The Hall–Kier alpha value is -1.93. The van der Waals surface area contributed by atoms with Gasteiger partial charge in [0.1, 0.15) is 0 Å². The van der Waals surface area contributed by atoms with Crippen LogP contribution >= 0.6 is 0 Å². The monoisotopic (exact) mass is 389 g/mol. The number of hydrogen-bond acceptors (Lipinski definition) is 5. The van der Waals surface area contributed by atoms with E-state index >= 15 is 0 Å². The number of hydrogen-bond donors (Lipinski definition) is 3. The molecule has 2 aliphatic heterocycles. The molecule has 0 spiro atoms. The number of aromatic amines is 1. The molecule has 1 aliphatic carbocycles. The Morgan fingerprint density at radius 2 is 1.89 bits per heavy atom. The lowest BCUT2D eigenvalue weighted by Gasteiger charge is -2.39. The molecule has 0 unspecified atom stereocenters. The first kappa shape index (κ1) is 19.4. The number of aliphatic hydroxyl groups is 1. The molecule has 8 nitrogen and oxygen atoms in total. The van der Waals surface area contributed by atoms with Gasteiger partial charge in [-0.05, 0) is 32.1 Å². The summed E-state index contributed by atoms with van der Waals surface area (Å²) < 4.78 is 0. The van der Waals surface area contributed by atoms with Crippen molar-refractivity contribution in [2.75, 3.05) is 19.6 Å². The van der Waals surface area contributed by atoms with Crippen LogP contribution in [0.1, 0.15) is 61.7 Å². The van der Waals surface area contributed by atoms with Crippen molar-refractivity contribution in [3.05, 3.63) is 18.0 Å². The van der Waals surface area contributed by atoms with Crippen LogP contribution in [0, 0.1) is 0 Å². The molecular weight excluding hydrogens is 358 g/mol. The highest BCUT2D eigenvalue weighted by atomic mass is 16.3. The van der Waals surface area contributed by atoms with Crippen LogP contribution in [0.5, 0.6) is 0 Å². The maximum atomic E-state index is 12.9. The van der Waals surface area contributed by atoms with Gasteiger partial charge in [-0.2, -0.15) is 5.10 Å². The maximum absolute atomic E-state index is 12.9. The number of aliphatic hydroxyl groups excluding tert-OH is 1. The molecule has 1 aromatic rings. The molecule has 0 radical (unpaired) electrons. The Labute approximate surface area is 165 Å². The van der Waals surface area contributed by atoms with E-state index < -0.39 is 6.10 Å². The van der Waals surface area contributed by atoms with Gasteiger partial charge in [0.25, 0.3) is 5.91 Å². The Balaban J connectivity index is 1.33. The summed E-state index contributed by atoms with van der Waals surface area (Å²) in [5, 5.41) is 20.0. The van der Waals surface area contributed by atoms with Gasteiger partial charge in [0.2, 0.25) is 5.91 Å². The molecule has 8 heteroatoms. The van der Waals surface area contributed by atoms with Crippen molar-refractivity contribution in [2.45, 2.75) is 75.6 Å². The lowest BCUT2D eigenvalue weighted by molar-refractivity contribution is -0.127. The average Bonchev–Trinajstić information content (AvgIpc) is 3.38. The molecule has 3 aliphatic rings. The molecule has 4 rings (SSSR count). The maximum Gasteiger partial charge on any atom is 0.257 e. The first-order chi connectivity index (χ1) is 13.6. The molecule has 0 bridgehead atoms. The first-order valence-electron chi connectivity index (χ1n) is 10.6. The Morgan fingerprint density at radius 1 is 1.14 bits per heavy atom. The fraction of sp³-hybridized carbons (Fsp3) is 0.750. The number of nitrogens with one attached hydrogen (secondary N) is 2. The fourth-order valence-electron chi connectivity index (χ4n) is 4.99. The molecular formula is C20H31N5O3. The van der Waals surface area contributed by atoms with E-state index in [1.807, 2.05) is 4.90 Å². The summed E-state index contributed by atoms with van der Waals surface area (Å²) in [6.45, 7) is 1.87. The summed E-state index contributed by atoms with van der Waals surface area (Å²) >= 11 is 0. The zero-order valence-electron chi connectivity index (χ0n) is 16.3. The van der Waals surface area contributed by atoms with Gasteiger partial charge in [-0.15, -0.1) is 0 Å². The van der Waals surface area contributed by atoms with Crippen LogP contribution in [-0.4, -0.2) is 80.8 Å². The summed E-state index contributed by atoms with van der Waals surface area (Å²) in [6.07, 6.45) is 10.6. The third-order valence-corrected chi connectivity index (χ3v) is 6.54. The third-order valence-electron chi connectivity index (χ3n) is 6.54. The molecule has 3 heterocycles. The number of carbonyl (C=O) groups excluding carboxylic acids is 2. The van der Waals surface area contributed by atoms with Crippen molar-refractivity contribution >= 4 is 11.8 Å². The first-order valence-corrected chi connectivity index (χ1v) is 10.6. The summed E-state index contributed by atoms with van der Waals surface area (Å²) in [5.41, 5.74) is 0.583. The smallest absolute Gasteiger partial charge is 0.257 e. The lowest BCUT2D eigenvalue weighted by Crippen LogP contribution is -2.53. The fourth-order valence-corrected chi connectivity index (χ4v) is 4.99. The molecule has 1 aromatic heterocycles. The van der Waals surface area contributed by atoms with E-state index in [4.69, 9.17) is 0 Å². The number of carbonyl (C=O) groups is 2. The zero-order valence-corrected chi connectivity index (χ0v) is 16.3. The zero-order chi connectivity index (χ0) is 19.5. The topological polar surface area (TPSA) is 102 Å². The van der Waals surface area contributed by atoms with Crippen molar-refractivity contribution in [1.29, 1.82) is 0 Å². The summed E-state index contributed by atoms with van der Waals surface area (Å²) in [6, 6.07) is 0.265. The molecule has 1 saturated carbocycles. The Morgan fingerprint density at radius 3 is 2.57 bits per heavy atom. The van der Waals surface area contributed by atoms with Crippen LogP contribution < -0.4 is 5.32 Å². The van der Waals surface area contributed by atoms with Gasteiger partial charge in [-0.25, -0.2) is 0 Å². The van der Waals surface area contributed by atoms with Gasteiger partial charge in [0, 0.05) is 37.9 Å².